The van der Waals surface area contributed by atoms with Crippen LogP contribution in [-0.2, 0) is 4.79 Å². The predicted molar refractivity (Wildman–Crippen MR) is 60.2 cm³/mol. The first-order valence-corrected chi connectivity index (χ1v) is 5.49. The van der Waals surface area contributed by atoms with Crippen molar-refractivity contribution in [1.29, 1.82) is 0 Å². The molecule has 1 saturated carbocycles. The third-order valence-corrected chi connectivity index (χ3v) is 3.05. The Hall–Kier alpha value is -0.850. The van der Waals surface area contributed by atoms with Crippen LogP contribution in [0.3, 0.4) is 0 Å². The van der Waals surface area contributed by atoms with Crippen LogP contribution in [0, 0.1) is 5.41 Å². The summed E-state index contributed by atoms with van der Waals surface area (Å²) >= 11 is 0. The Morgan fingerprint density at radius 3 is 2.93 bits per heavy atom. The number of carbonyl (C=O) groups excluding carboxylic acids is 1. The van der Waals surface area contributed by atoms with E-state index in [1.807, 2.05) is 13.0 Å². The second-order valence-electron chi connectivity index (χ2n) is 4.26. The van der Waals surface area contributed by atoms with Crippen LogP contribution < -0.4 is 0 Å². The average Bonchev–Trinajstić information content (AvgIpc) is 2.15. The summed E-state index contributed by atoms with van der Waals surface area (Å²) in [7, 11) is 0. The molecule has 1 aliphatic rings. The highest BCUT2D eigenvalue weighted by molar-refractivity contribution is 5.80. The topological polar surface area (TPSA) is 17.1 Å². The Kier molecular flexibility index (Phi) is 4.12. The summed E-state index contributed by atoms with van der Waals surface area (Å²) in [5, 5.41) is 0. The molecule has 0 spiro atoms. The van der Waals surface area contributed by atoms with Crippen LogP contribution in [0.15, 0.2) is 24.8 Å². The van der Waals surface area contributed by atoms with Crippen LogP contribution in [0.1, 0.15) is 45.4 Å². The molecule has 0 heterocycles. The van der Waals surface area contributed by atoms with Crippen molar-refractivity contribution >= 4 is 5.78 Å². The molecule has 1 heteroatoms. The molecule has 14 heavy (non-hydrogen) atoms. The first kappa shape index (κ1) is 11.2. The van der Waals surface area contributed by atoms with Gasteiger partial charge in [0.25, 0.3) is 0 Å². The lowest BCUT2D eigenvalue weighted by Crippen LogP contribution is -2.26. The Labute approximate surface area is 86.9 Å². The predicted octanol–water partition coefficient (Wildman–Crippen LogP) is 3.66. The number of hydrogen-bond acceptors (Lipinski definition) is 1. The highest BCUT2D eigenvalue weighted by Gasteiger charge is 2.32. The number of Topliss-reactive ketones (excluding diaryl/α,β-unsaturated/α-hetero) is 1. The number of rotatable bonds is 4. The van der Waals surface area contributed by atoms with Gasteiger partial charge in [0.1, 0.15) is 5.78 Å². The lowest BCUT2D eigenvalue weighted by atomic mass is 9.70. The maximum absolute atomic E-state index is 11.5. The molecule has 0 saturated heterocycles. The summed E-state index contributed by atoms with van der Waals surface area (Å²) in [5.74, 6) is 0.429. The van der Waals surface area contributed by atoms with E-state index < -0.39 is 0 Å². The largest absolute Gasteiger partial charge is 0.300 e. The summed E-state index contributed by atoms with van der Waals surface area (Å²) in [5.41, 5.74) is 0.151. The molecule has 1 rings (SSSR count). The fraction of sp³-hybridized carbons (Fsp3) is 0.615. The van der Waals surface area contributed by atoms with E-state index >= 15 is 0 Å². The zero-order valence-corrected chi connectivity index (χ0v) is 9.09. The van der Waals surface area contributed by atoms with Crippen LogP contribution in [0.5, 0.6) is 0 Å². The molecule has 0 bridgehead atoms. The molecule has 0 aromatic heterocycles. The molecular weight excluding hydrogens is 172 g/mol. The Balaban J connectivity index is 2.68. The molecule has 0 aromatic carbocycles. The van der Waals surface area contributed by atoms with Crippen molar-refractivity contribution in [3.63, 3.8) is 0 Å². The minimum absolute atomic E-state index is 0.151. The zero-order chi connectivity index (χ0) is 10.4. The van der Waals surface area contributed by atoms with Gasteiger partial charge < -0.3 is 0 Å². The summed E-state index contributed by atoms with van der Waals surface area (Å²) in [6.07, 6.45) is 12.1. The van der Waals surface area contributed by atoms with E-state index in [2.05, 4.69) is 18.7 Å². The summed E-state index contributed by atoms with van der Waals surface area (Å²) in [6, 6.07) is 0. The molecule has 0 amide bonds. The van der Waals surface area contributed by atoms with E-state index in [9.17, 15) is 4.79 Å². The number of hydrogen-bond donors (Lipinski definition) is 0. The van der Waals surface area contributed by atoms with Crippen molar-refractivity contribution in [2.24, 2.45) is 5.41 Å². The van der Waals surface area contributed by atoms with Crippen molar-refractivity contribution in [3.05, 3.63) is 24.8 Å². The van der Waals surface area contributed by atoms with Crippen LogP contribution in [-0.4, -0.2) is 5.78 Å². The second-order valence-corrected chi connectivity index (χ2v) is 4.26. The van der Waals surface area contributed by atoms with Gasteiger partial charge in [0.2, 0.25) is 0 Å². The Morgan fingerprint density at radius 2 is 2.36 bits per heavy atom. The number of allylic oxidation sites excluding steroid dienone is 3. The molecule has 0 unspecified atom stereocenters. The normalized spacial score (nSPS) is 28.2. The monoisotopic (exact) mass is 192 g/mol. The quantitative estimate of drug-likeness (QED) is 0.621. The number of carbonyl (C=O) groups is 1. The minimum Gasteiger partial charge on any atom is -0.300 e. The zero-order valence-electron chi connectivity index (χ0n) is 9.09. The third-order valence-electron chi connectivity index (χ3n) is 3.05. The van der Waals surface area contributed by atoms with Gasteiger partial charge in [-0.2, -0.15) is 0 Å². The molecule has 1 atom stereocenters. The van der Waals surface area contributed by atoms with Gasteiger partial charge in [-0.3, -0.25) is 4.79 Å². The summed E-state index contributed by atoms with van der Waals surface area (Å²) in [4.78, 5) is 11.5. The van der Waals surface area contributed by atoms with Gasteiger partial charge in [0.15, 0.2) is 0 Å². The molecule has 0 radical (unpaired) electrons. The van der Waals surface area contributed by atoms with Crippen LogP contribution in [0.2, 0.25) is 0 Å². The fourth-order valence-electron chi connectivity index (χ4n) is 2.39. The lowest BCUT2D eigenvalue weighted by Gasteiger charge is -2.33. The molecule has 1 nitrogen and oxygen atoms in total. The minimum atomic E-state index is 0.151. The third kappa shape index (κ3) is 2.83. The van der Waals surface area contributed by atoms with E-state index in [0.29, 0.717) is 5.78 Å². The van der Waals surface area contributed by atoms with Crippen LogP contribution >= 0.6 is 0 Å². The van der Waals surface area contributed by atoms with E-state index in [1.165, 1.54) is 0 Å². The van der Waals surface area contributed by atoms with Crippen molar-refractivity contribution in [3.8, 4) is 0 Å². The van der Waals surface area contributed by atoms with Crippen LogP contribution in [0.4, 0.5) is 0 Å². The van der Waals surface area contributed by atoms with Gasteiger partial charge >= 0.3 is 0 Å². The van der Waals surface area contributed by atoms with Gasteiger partial charge in [-0.05, 0) is 38.0 Å². The maximum atomic E-state index is 11.5. The Morgan fingerprint density at radius 1 is 1.57 bits per heavy atom. The van der Waals surface area contributed by atoms with E-state index in [0.717, 1.165) is 38.5 Å². The summed E-state index contributed by atoms with van der Waals surface area (Å²) in [6.45, 7) is 5.78. The molecule has 78 valence electrons. The highest BCUT2D eigenvalue weighted by atomic mass is 16.1. The first-order chi connectivity index (χ1) is 6.72. The van der Waals surface area contributed by atoms with E-state index in [-0.39, 0.29) is 5.41 Å². The van der Waals surface area contributed by atoms with Crippen LogP contribution in [0.25, 0.3) is 0 Å². The van der Waals surface area contributed by atoms with E-state index in [1.54, 1.807) is 0 Å². The molecule has 0 aromatic rings. The molecule has 0 N–H and O–H groups in total. The molecule has 0 aliphatic heterocycles. The molecule has 1 fully saturated rings. The van der Waals surface area contributed by atoms with Crippen molar-refractivity contribution in [1.82, 2.24) is 0 Å². The van der Waals surface area contributed by atoms with Crippen molar-refractivity contribution in [2.45, 2.75) is 45.4 Å². The number of ketones is 1. The Bertz CT molecular complexity index is 240. The standard InChI is InChI=1S/C13H20O/c1-3-5-9-13(8-4-2)10-6-7-12(14)11-13/h3-4,8H,1,5-7,9-11H2,2H3/b8-4+/t13-/m1/s1. The smallest absolute Gasteiger partial charge is 0.133 e. The van der Waals surface area contributed by atoms with Gasteiger partial charge in [0, 0.05) is 12.8 Å². The highest BCUT2D eigenvalue weighted by Crippen LogP contribution is 2.40. The maximum Gasteiger partial charge on any atom is 0.133 e. The lowest BCUT2D eigenvalue weighted by molar-refractivity contribution is -0.122. The second kappa shape index (κ2) is 5.14. The molecular formula is C13H20O. The average molecular weight is 192 g/mol. The van der Waals surface area contributed by atoms with Gasteiger partial charge in [-0.15, -0.1) is 6.58 Å². The van der Waals surface area contributed by atoms with Gasteiger partial charge in [-0.1, -0.05) is 18.2 Å². The summed E-state index contributed by atoms with van der Waals surface area (Å²) < 4.78 is 0. The van der Waals surface area contributed by atoms with Crippen molar-refractivity contribution in [2.75, 3.05) is 0 Å². The SMILES string of the molecule is C=CCC[C@]1(/C=C/C)CCCC(=O)C1. The fourth-order valence-corrected chi connectivity index (χ4v) is 2.39. The van der Waals surface area contributed by atoms with Gasteiger partial charge in [-0.25, -0.2) is 0 Å². The van der Waals surface area contributed by atoms with Crippen molar-refractivity contribution < 1.29 is 4.79 Å². The first-order valence-electron chi connectivity index (χ1n) is 5.49. The molecule has 1 aliphatic carbocycles. The van der Waals surface area contributed by atoms with E-state index in [4.69, 9.17) is 0 Å². The van der Waals surface area contributed by atoms with Gasteiger partial charge in [0.05, 0.1) is 0 Å².